The van der Waals surface area contributed by atoms with Crippen molar-refractivity contribution >= 4 is 29.0 Å². The number of nitrogens with one attached hydrogen (secondary N) is 1. The van der Waals surface area contributed by atoms with Crippen LogP contribution in [0.3, 0.4) is 0 Å². The number of aromatic nitrogens is 2. The van der Waals surface area contributed by atoms with Crippen molar-refractivity contribution in [3.8, 4) is 11.3 Å². The fraction of sp³-hybridized carbons (Fsp3) is 0.300. The summed E-state index contributed by atoms with van der Waals surface area (Å²) < 4.78 is 1.99. The lowest BCUT2D eigenvalue weighted by atomic mass is 10.1. The maximum atomic E-state index is 12.4. The van der Waals surface area contributed by atoms with Crippen molar-refractivity contribution in [2.45, 2.75) is 30.9 Å². The van der Waals surface area contributed by atoms with E-state index in [0.717, 1.165) is 22.6 Å². The maximum absolute atomic E-state index is 12.4. The molecule has 4 rings (SSSR count). The molecule has 1 N–H and O–H groups in total. The number of rotatable bonds is 5. The minimum Gasteiger partial charge on any atom is -0.325 e. The van der Waals surface area contributed by atoms with E-state index in [4.69, 9.17) is 0 Å². The monoisotopic (exact) mass is 351 g/mol. The van der Waals surface area contributed by atoms with Crippen molar-refractivity contribution in [3.63, 3.8) is 0 Å². The van der Waals surface area contributed by atoms with Gasteiger partial charge in [-0.1, -0.05) is 37.1 Å². The normalized spacial score (nSPS) is 14.9. The highest BCUT2D eigenvalue weighted by molar-refractivity contribution is 8.00. The SMILES string of the molecule is O=C(CSC1CCCC1)Nc1ccccc1-c1cn2ccccc2n1. The standard InChI is InChI=1S/C20H21N3OS/c24-20(14-25-15-7-1-2-8-15)22-17-10-4-3-9-16(17)18-13-23-12-6-5-11-19(23)21-18/h3-6,9-13,15H,1-2,7-8,14H2,(H,22,24). The average Bonchev–Trinajstić information content (AvgIpc) is 3.30. The molecule has 1 aliphatic rings. The zero-order valence-electron chi connectivity index (χ0n) is 14.0. The Balaban J connectivity index is 1.51. The van der Waals surface area contributed by atoms with Crippen LogP contribution in [0.25, 0.3) is 16.9 Å². The largest absolute Gasteiger partial charge is 0.325 e. The minimum absolute atomic E-state index is 0.0631. The Kier molecular flexibility index (Phi) is 4.74. The van der Waals surface area contributed by atoms with E-state index in [1.165, 1.54) is 25.7 Å². The van der Waals surface area contributed by atoms with E-state index >= 15 is 0 Å². The number of fused-ring (bicyclic) bond motifs is 1. The molecule has 1 amide bonds. The molecule has 25 heavy (non-hydrogen) atoms. The quantitative estimate of drug-likeness (QED) is 0.730. The first kappa shape index (κ1) is 16.2. The number of pyridine rings is 1. The molecule has 128 valence electrons. The zero-order chi connectivity index (χ0) is 17.1. The first-order valence-corrected chi connectivity index (χ1v) is 9.79. The lowest BCUT2D eigenvalue weighted by Crippen LogP contribution is -2.16. The zero-order valence-corrected chi connectivity index (χ0v) is 14.8. The Morgan fingerprint density at radius 1 is 1.16 bits per heavy atom. The second-order valence-corrected chi connectivity index (χ2v) is 7.69. The van der Waals surface area contributed by atoms with Crippen LogP contribution in [0.2, 0.25) is 0 Å². The molecular weight excluding hydrogens is 330 g/mol. The van der Waals surface area contributed by atoms with Crippen LogP contribution >= 0.6 is 11.8 Å². The molecule has 0 unspecified atom stereocenters. The summed E-state index contributed by atoms with van der Waals surface area (Å²) in [5.74, 6) is 0.581. The molecule has 2 aromatic heterocycles. The van der Waals surface area contributed by atoms with Crippen molar-refractivity contribution in [1.82, 2.24) is 9.38 Å². The second-order valence-electron chi connectivity index (χ2n) is 6.40. The number of hydrogen-bond acceptors (Lipinski definition) is 3. The molecule has 3 aromatic rings. The van der Waals surface area contributed by atoms with Crippen LogP contribution in [0.4, 0.5) is 5.69 Å². The van der Waals surface area contributed by atoms with E-state index in [2.05, 4.69) is 10.3 Å². The van der Waals surface area contributed by atoms with Crippen LogP contribution in [0, 0.1) is 0 Å². The van der Waals surface area contributed by atoms with Crippen LogP contribution in [0.5, 0.6) is 0 Å². The Hall–Kier alpha value is -2.27. The van der Waals surface area contributed by atoms with Crippen molar-refractivity contribution in [1.29, 1.82) is 0 Å². The molecule has 0 radical (unpaired) electrons. The molecule has 5 heteroatoms. The van der Waals surface area contributed by atoms with Gasteiger partial charge in [0.1, 0.15) is 5.65 Å². The number of benzene rings is 1. The van der Waals surface area contributed by atoms with Crippen LogP contribution in [0.1, 0.15) is 25.7 Å². The number of imidazole rings is 1. The van der Waals surface area contributed by atoms with E-state index in [-0.39, 0.29) is 5.91 Å². The van der Waals surface area contributed by atoms with Gasteiger partial charge in [0.05, 0.1) is 17.1 Å². The van der Waals surface area contributed by atoms with Gasteiger partial charge in [0.2, 0.25) is 5.91 Å². The fourth-order valence-corrected chi connectivity index (χ4v) is 4.44. The van der Waals surface area contributed by atoms with E-state index in [1.54, 1.807) is 11.8 Å². The summed E-state index contributed by atoms with van der Waals surface area (Å²) in [7, 11) is 0. The highest BCUT2D eigenvalue weighted by atomic mass is 32.2. The maximum Gasteiger partial charge on any atom is 0.234 e. The number of nitrogens with zero attached hydrogens (tertiary/aromatic N) is 2. The first-order chi connectivity index (χ1) is 12.3. The Morgan fingerprint density at radius 3 is 2.80 bits per heavy atom. The summed E-state index contributed by atoms with van der Waals surface area (Å²) in [6, 6.07) is 13.8. The van der Waals surface area contributed by atoms with Crippen LogP contribution in [-0.2, 0) is 4.79 Å². The summed E-state index contributed by atoms with van der Waals surface area (Å²) in [4.78, 5) is 17.0. The smallest absolute Gasteiger partial charge is 0.234 e. The van der Waals surface area contributed by atoms with Gasteiger partial charge < -0.3 is 9.72 Å². The number of thioether (sulfide) groups is 1. The molecule has 1 fully saturated rings. The Bertz CT molecular complexity index is 850. The highest BCUT2D eigenvalue weighted by Gasteiger charge is 2.17. The van der Waals surface area contributed by atoms with Gasteiger partial charge in [0, 0.05) is 23.2 Å². The molecule has 0 saturated heterocycles. The van der Waals surface area contributed by atoms with Crippen molar-refractivity contribution in [2.24, 2.45) is 0 Å². The first-order valence-electron chi connectivity index (χ1n) is 8.74. The molecule has 0 bridgehead atoms. The van der Waals surface area contributed by atoms with Gasteiger partial charge >= 0.3 is 0 Å². The Morgan fingerprint density at radius 2 is 1.96 bits per heavy atom. The number of amides is 1. The van der Waals surface area contributed by atoms with Crippen molar-refractivity contribution in [3.05, 3.63) is 54.9 Å². The van der Waals surface area contributed by atoms with Crippen molar-refractivity contribution in [2.75, 3.05) is 11.1 Å². The van der Waals surface area contributed by atoms with Gasteiger partial charge in [-0.05, 0) is 31.0 Å². The van der Waals surface area contributed by atoms with Gasteiger partial charge in [-0.2, -0.15) is 0 Å². The van der Waals surface area contributed by atoms with Crippen LogP contribution in [0.15, 0.2) is 54.9 Å². The fourth-order valence-electron chi connectivity index (χ4n) is 3.31. The molecule has 4 nitrogen and oxygen atoms in total. The molecule has 0 spiro atoms. The van der Waals surface area contributed by atoms with Gasteiger partial charge in [-0.25, -0.2) is 4.98 Å². The number of carbonyl (C=O) groups is 1. The van der Waals surface area contributed by atoms with Gasteiger partial charge in [-0.3, -0.25) is 4.79 Å². The molecule has 1 aromatic carbocycles. The minimum atomic E-state index is 0.0631. The average molecular weight is 351 g/mol. The van der Waals surface area contributed by atoms with Crippen LogP contribution < -0.4 is 5.32 Å². The summed E-state index contributed by atoms with van der Waals surface area (Å²) in [5.41, 5.74) is 3.54. The summed E-state index contributed by atoms with van der Waals surface area (Å²) >= 11 is 1.79. The Labute approximate surface area is 151 Å². The predicted molar refractivity (Wildman–Crippen MR) is 104 cm³/mol. The summed E-state index contributed by atoms with van der Waals surface area (Å²) in [6.45, 7) is 0. The van der Waals surface area contributed by atoms with E-state index in [1.807, 2.05) is 59.3 Å². The number of hydrogen-bond donors (Lipinski definition) is 1. The second kappa shape index (κ2) is 7.31. The number of anilines is 1. The molecule has 1 saturated carbocycles. The molecule has 0 atom stereocenters. The topological polar surface area (TPSA) is 46.4 Å². The lowest BCUT2D eigenvalue weighted by Gasteiger charge is -2.11. The van der Waals surface area contributed by atoms with E-state index < -0.39 is 0 Å². The summed E-state index contributed by atoms with van der Waals surface area (Å²) in [6.07, 6.45) is 9.07. The van der Waals surface area contributed by atoms with Crippen LogP contribution in [-0.4, -0.2) is 26.3 Å². The molecular formula is C20H21N3OS. The van der Waals surface area contributed by atoms with Gasteiger partial charge in [0.25, 0.3) is 0 Å². The molecule has 0 aliphatic heterocycles. The summed E-state index contributed by atoms with van der Waals surface area (Å²) in [5, 5.41) is 3.72. The number of para-hydroxylation sites is 1. The molecule has 1 aliphatic carbocycles. The van der Waals surface area contributed by atoms with Gasteiger partial charge in [-0.15, -0.1) is 11.8 Å². The third-order valence-electron chi connectivity index (χ3n) is 4.59. The lowest BCUT2D eigenvalue weighted by molar-refractivity contribution is -0.113. The highest BCUT2D eigenvalue weighted by Crippen LogP contribution is 2.30. The third-order valence-corrected chi connectivity index (χ3v) is 5.97. The van der Waals surface area contributed by atoms with Crippen molar-refractivity contribution < 1.29 is 4.79 Å². The predicted octanol–water partition coefficient (Wildman–Crippen LogP) is 4.62. The third kappa shape index (κ3) is 3.71. The molecule has 2 heterocycles. The van der Waals surface area contributed by atoms with Gasteiger partial charge in [0.15, 0.2) is 0 Å². The van der Waals surface area contributed by atoms with E-state index in [9.17, 15) is 4.79 Å². The number of carbonyl (C=O) groups excluding carboxylic acids is 1. The van der Waals surface area contributed by atoms with E-state index in [0.29, 0.717) is 11.0 Å².